The second-order valence-electron chi connectivity index (χ2n) is 3.82. The fourth-order valence-electron chi connectivity index (χ4n) is 1.31. The molecule has 0 atom stereocenters. The summed E-state index contributed by atoms with van der Waals surface area (Å²) in [5.41, 5.74) is 5.15. The predicted octanol–water partition coefficient (Wildman–Crippen LogP) is 0.771. The molecule has 1 rings (SSSR count). The van der Waals surface area contributed by atoms with Gasteiger partial charge in [-0.05, 0) is 20.3 Å². The van der Waals surface area contributed by atoms with Crippen LogP contribution in [-0.4, -0.2) is 31.6 Å². The summed E-state index contributed by atoms with van der Waals surface area (Å²) in [5.74, 6) is 0.974. The molecule has 0 unspecified atom stereocenters. The summed E-state index contributed by atoms with van der Waals surface area (Å²) in [7, 11) is 0. The minimum absolute atomic E-state index is 0.0767. The summed E-state index contributed by atoms with van der Waals surface area (Å²) in [6, 6.07) is 0.0767. The molecule has 1 aromatic rings. The molecule has 0 amide bonds. The number of aromatic nitrogens is 3. The Morgan fingerprint density at radius 2 is 2.41 bits per heavy atom. The van der Waals surface area contributed by atoms with Crippen molar-refractivity contribution < 1.29 is 5.21 Å². The highest BCUT2D eigenvalue weighted by Gasteiger charge is 2.11. The highest BCUT2D eigenvalue weighted by molar-refractivity contribution is 7.99. The highest BCUT2D eigenvalue weighted by atomic mass is 32.2. The van der Waals surface area contributed by atoms with Gasteiger partial charge in [0.25, 0.3) is 0 Å². The molecular weight excluding hydrogens is 242 g/mol. The number of nitrogens with one attached hydrogen (secondary N) is 1. The molecule has 0 fully saturated rings. The number of H-pyrrole nitrogens is 1. The summed E-state index contributed by atoms with van der Waals surface area (Å²) in [5, 5.41) is 18.3. The van der Waals surface area contributed by atoms with Crippen molar-refractivity contribution in [3.05, 3.63) is 10.5 Å². The minimum Gasteiger partial charge on any atom is -0.409 e. The Morgan fingerprint density at radius 1 is 1.71 bits per heavy atom. The van der Waals surface area contributed by atoms with Gasteiger partial charge in [0.2, 0.25) is 0 Å². The van der Waals surface area contributed by atoms with Gasteiger partial charge in [0.05, 0.1) is 0 Å². The van der Waals surface area contributed by atoms with Crippen LogP contribution in [0.15, 0.2) is 15.1 Å². The molecule has 4 N–H and O–H groups in total. The number of oxime groups is 1. The van der Waals surface area contributed by atoms with Crippen LogP contribution in [0.2, 0.25) is 0 Å². The van der Waals surface area contributed by atoms with E-state index in [0.29, 0.717) is 11.6 Å². The number of aromatic amines is 1. The van der Waals surface area contributed by atoms with Gasteiger partial charge in [0.1, 0.15) is 5.84 Å². The lowest BCUT2D eigenvalue weighted by molar-refractivity contribution is 0.317. The van der Waals surface area contributed by atoms with E-state index in [0.717, 1.165) is 12.2 Å². The number of rotatable bonds is 6. The first-order valence-corrected chi connectivity index (χ1v) is 6.31. The molecule has 17 heavy (non-hydrogen) atoms. The van der Waals surface area contributed by atoms with Crippen molar-refractivity contribution in [3.63, 3.8) is 0 Å². The maximum atomic E-state index is 11.4. The number of thioether (sulfide) groups is 1. The van der Waals surface area contributed by atoms with Gasteiger partial charge in [-0.2, -0.15) is 0 Å². The normalized spacial score (nSPS) is 12.3. The summed E-state index contributed by atoms with van der Waals surface area (Å²) in [6.07, 6.45) is 1.29. The fraction of sp³-hybridized carbons (Fsp3) is 0.667. The van der Waals surface area contributed by atoms with Crippen LogP contribution in [0.4, 0.5) is 0 Å². The maximum absolute atomic E-state index is 11.4. The van der Waals surface area contributed by atoms with Gasteiger partial charge in [-0.3, -0.25) is 4.57 Å². The average molecular weight is 259 g/mol. The van der Waals surface area contributed by atoms with Crippen LogP contribution in [-0.2, 0) is 0 Å². The van der Waals surface area contributed by atoms with Crippen LogP contribution in [0.5, 0.6) is 0 Å². The number of hydrogen-bond donors (Lipinski definition) is 3. The van der Waals surface area contributed by atoms with Crippen LogP contribution in [0, 0.1) is 0 Å². The Morgan fingerprint density at radius 3 is 3.00 bits per heavy atom. The third kappa shape index (κ3) is 3.81. The predicted molar refractivity (Wildman–Crippen MR) is 66.6 cm³/mol. The summed E-state index contributed by atoms with van der Waals surface area (Å²) >= 11 is 1.48. The van der Waals surface area contributed by atoms with E-state index in [9.17, 15) is 4.79 Å². The Hall–Kier alpha value is -1.44. The monoisotopic (exact) mass is 259 g/mol. The SMILES string of the molecule is CC(C)n1c(SCCCC(N)=NO)n[nH]c1=O. The largest absolute Gasteiger partial charge is 0.409 e. The summed E-state index contributed by atoms with van der Waals surface area (Å²) in [6.45, 7) is 3.86. The highest BCUT2D eigenvalue weighted by Crippen LogP contribution is 2.17. The maximum Gasteiger partial charge on any atom is 0.344 e. The molecule has 0 saturated heterocycles. The lowest BCUT2D eigenvalue weighted by atomic mass is 10.3. The van der Waals surface area contributed by atoms with E-state index in [4.69, 9.17) is 10.9 Å². The standard InChI is InChI=1S/C9H17N5O2S/c1-6(2)14-8(15)11-12-9(14)17-5-3-4-7(10)13-16/h6,16H,3-5H2,1-2H3,(H2,10,13)(H,11,15). The van der Waals surface area contributed by atoms with Gasteiger partial charge in [-0.25, -0.2) is 9.89 Å². The molecule has 0 aromatic carbocycles. The van der Waals surface area contributed by atoms with E-state index in [1.165, 1.54) is 11.8 Å². The van der Waals surface area contributed by atoms with Crippen molar-refractivity contribution in [2.45, 2.75) is 37.9 Å². The van der Waals surface area contributed by atoms with Crippen molar-refractivity contribution in [1.82, 2.24) is 14.8 Å². The summed E-state index contributed by atoms with van der Waals surface area (Å²) < 4.78 is 1.61. The molecule has 0 bridgehead atoms. The van der Waals surface area contributed by atoms with Crippen LogP contribution in [0.3, 0.4) is 0 Å². The lowest BCUT2D eigenvalue weighted by Gasteiger charge is -2.07. The van der Waals surface area contributed by atoms with Gasteiger partial charge < -0.3 is 10.9 Å². The smallest absolute Gasteiger partial charge is 0.344 e. The molecular formula is C9H17N5O2S. The average Bonchev–Trinajstić information content (AvgIpc) is 2.65. The molecule has 96 valence electrons. The first-order chi connectivity index (χ1) is 8.06. The van der Waals surface area contributed by atoms with Gasteiger partial charge in [0.15, 0.2) is 5.16 Å². The number of nitrogens with two attached hydrogens (primary N) is 1. The molecule has 1 aromatic heterocycles. The van der Waals surface area contributed by atoms with Crippen LogP contribution >= 0.6 is 11.8 Å². The zero-order valence-electron chi connectivity index (χ0n) is 9.88. The molecule has 0 radical (unpaired) electrons. The van der Waals surface area contributed by atoms with Crippen LogP contribution < -0.4 is 11.4 Å². The topological polar surface area (TPSA) is 109 Å². The van der Waals surface area contributed by atoms with E-state index in [1.54, 1.807) is 4.57 Å². The molecule has 0 aliphatic heterocycles. The Labute approximate surface area is 103 Å². The van der Waals surface area contributed by atoms with E-state index in [1.807, 2.05) is 13.8 Å². The Balaban J connectivity index is 2.50. The second kappa shape index (κ2) is 6.33. The molecule has 1 heterocycles. The number of hydrogen-bond acceptors (Lipinski definition) is 5. The first-order valence-electron chi connectivity index (χ1n) is 5.32. The van der Waals surface area contributed by atoms with Gasteiger partial charge >= 0.3 is 5.69 Å². The molecule has 7 nitrogen and oxygen atoms in total. The molecule has 0 aliphatic rings. The van der Waals surface area contributed by atoms with E-state index < -0.39 is 0 Å². The molecule has 0 spiro atoms. The van der Waals surface area contributed by atoms with Crippen LogP contribution in [0.25, 0.3) is 0 Å². The third-order valence-electron chi connectivity index (χ3n) is 2.13. The second-order valence-corrected chi connectivity index (χ2v) is 4.88. The molecule has 0 aliphatic carbocycles. The van der Waals surface area contributed by atoms with E-state index >= 15 is 0 Å². The van der Waals surface area contributed by atoms with Crippen LogP contribution in [0.1, 0.15) is 32.7 Å². The molecule has 0 saturated carbocycles. The van der Waals surface area contributed by atoms with E-state index in [-0.39, 0.29) is 17.6 Å². The number of nitrogens with zero attached hydrogens (tertiary/aromatic N) is 3. The van der Waals surface area contributed by atoms with E-state index in [2.05, 4.69) is 15.4 Å². The third-order valence-corrected chi connectivity index (χ3v) is 3.16. The molecule has 8 heteroatoms. The van der Waals surface area contributed by atoms with Gasteiger partial charge in [-0.1, -0.05) is 16.9 Å². The lowest BCUT2D eigenvalue weighted by Crippen LogP contribution is -2.19. The van der Waals surface area contributed by atoms with Crippen molar-refractivity contribution in [2.24, 2.45) is 10.9 Å². The van der Waals surface area contributed by atoms with Crippen molar-refractivity contribution >= 4 is 17.6 Å². The van der Waals surface area contributed by atoms with Crippen molar-refractivity contribution in [1.29, 1.82) is 0 Å². The Kier molecular flexibility index (Phi) is 5.08. The summed E-state index contributed by atoms with van der Waals surface area (Å²) in [4.78, 5) is 11.4. The van der Waals surface area contributed by atoms with Crippen molar-refractivity contribution in [3.8, 4) is 0 Å². The van der Waals surface area contributed by atoms with Crippen molar-refractivity contribution in [2.75, 3.05) is 5.75 Å². The minimum atomic E-state index is -0.195. The quantitative estimate of drug-likeness (QED) is 0.174. The Bertz CT molecular complexity index is 437. The van der Waals surface area contributed by atoms with Gasteiger partial charge in [-0.15, -0.1) is 5.10 Å². The fourth-order valence-corrected chi connectivity index (χ4v) is 2.33. The zero-order valence-corrected chi connectivity index (χ0v) is 10.7. The number of amidine groups is 1. The zero-order chi connectivity index (χ0) is 12.8. The first kappa shape index (κ1) is 13.6. The van der Waals surface area contributed by atoms with Gasteiger partial charge in [0, 0.05) is 18.2 Å².